The van der Waals surface area contributed by atoms with Gasteiger partial charge in [0.25, 0.3) is 5.91 Å². The predicted molar refractivity (Wildman–Crippen MR) is 96.6 cm³/mol. The first kappa shape index (κ1) is 16.6. The summed E-state index contributed by atoms with van der Waals surface area (Å²) in [5, 5.41) is 6.04. The minimum Gasteiger partial charge on any atom is -0.348 e. The molecule has 0 radical (unpaired) electrons. The highest BCUT2D eigenvalue weighted by Gasteiger charge is 2.07. The van der Waals surface area contributed by atoms with Crippen molar-refractivity contribution in [3.63, 3.8) is 0 Å². The Hall–Kier alpha value is -3.28. The number of nitrogens with one attached hydrogen (secondary N) is 2. The van der Waals surface area contributed by atoms with Gasteiger partial charge in [-0.25, -0.2) is 9.97 Å². The Balaban J connectivity index is 1.69. The van der Waals surface area contributed by atoms with Crippen molar-refractivity contribution >= 4 is 17.5 Å². The summed E-state index contributed by atoms with van der Waals surface area (Å²) in [7, 11) is 0. The number of hydrogen-bond acceptors (Lipinski definition) is 5. The fraction of sp³-hybridized carbons (Fsp3) is 0.158. The van der Waals surface area contributed by atoms with Crippen molar-refractivity contribution in [3.8, 4) is 0 Å². The normalized spacial score (nSPS) is 10.3. The maximum absolute atomic E-state index is 12.3. The van der Waals surface area contributed by atoms with Crippen LogP contribution in [0.5, 0.6) is 0 Å². The van der Waals surface area contributed by atoms with Crippen molar-refractivity contribution < 1.29 is 4.79 Å². The fourth-order valence-electron chi connectivity index (χ4n) is 2.43. The number of benzene rings is 1. The van der Waals surface area contributed by atoms with Gasteiger partial charge in [0.2, 0.25) is 5.95 Å². The molecule has 2 N–H and O–H groups in total. The van der Waals surface area contributed by atoms with Crippen LogP contribution in [-0.4, -0.2) is 20.9 Å². The molecular weight excluding hydrogens is 314 g/mol. The average Bonchev–Trinajstić information content (AvgIpc) is 2.60. The van der Waals surface area contributed by atoms with Crippen LogP contribution in [0.1, 0.15) is 27.3 Å². The zero-order valence-electron chi connectivity index (χ0n) is 14.2. The lowest BCUT2D eigenvalue weighted by Gasteiger charge is -2.09. The number of rotatable bonds is 5. The zero-order valence-corrected chi connectivity index (χ0v) is 14.2. The summed E-state index contributed by atoms with van der Waals surface area (Å²) in [5.74, 6) is 0.383. The van der Waals surface area contributed by atoms with E-state index < -0.39 is 0 Å². The summed E-state index contributed by atoms with van der Waals surface area (Å²) >= 11 is 0. The molecule has 0 spiro atoms. The Labute approximate surface area is 146 Å². The molecule has 25 heavy (non-hydrogen) atoms. The van der Waals surface area contributed by atoms with E-state index in [9.17, 15) is 4.79 Å². The van der Waals surface area contributed by atoms with Crippen LogP contribution >= 0.6 is 0 Å². The van der Waals surface area contributed by atoms with Crippen LogP contribution in [0.4, 0.5) is 11.6 Å². The van der Waals surface area contributed by atoms with Gasteiger partial charge in [-0.1, -0.05) is 6.07 Å². The maximum Gasteiger partial charge on any atom is 0.251 e. The van der Waals surface area contributed by atoms with Crippen LogP contribution in [0.15, 0.2) is 54.9 Å². The van der Waals surface area contributed by atoms with Gasteiger partial charge in [-0.15, -0.1) is 0 Å². The van der Waals surface area contributed by atoms with Crippen molar-refractivity contribution in [2.45, 2.75) is 20.4 Å². The lowest BCUT2D eigenvalue weighted by molar-refractivity contribution is 0.0951. The van der Waals surface area contributed by atoms with Crippen molar-refractivity contribution in [2.75, 3.05) is 5.32 Å². The minimum atomic E-state index is -0.137. The molecule has 3 rings (SSSR count). The van der Waals surface area contributed by atoms with Gasteiger partial charge in [-0.3, -0.25) is 9.78 Å². The molecule has 0 aliphatic rings. The Morgan fingerprint density at radius 2 is 1.72 bits per heavy atom. The molecule has 0 atom stereocenters. The van der Waals surface area contributed by atoms with E-state index in [4.69, 9.17) is 0 Å². The van der Waals surface area contributed by atoms with Gasteiger partial charge in [-0.05, 0) is 55.8 Å². The summed E-state index contributed by atoms with van der Waals surface area (Å²) < 4.78 is 0. The molecule has 0 aliphatic carbocycles. The number of anilines is 2. The first-order chi connectivity index (χ1) is 12.1. The number of carbonyl (C=O) groups excluding carboxylic acids is 1. The van der Waals surface area contributed by atoms with E-state index in [2.05, 4.69) is 25.6 Å². The monoisotopic (exact) mass is 333 g/mol. The van der Waals surface area contributed by atoms with Gasteiger partial charge in [0.05, 0.1) is 0 Å². The van der Waals surface area contributed by atoms with Gasteiger partial charge < -0.3 is 10.6 Å². The van der Waals surface area contributed by atoms with Crippen molar-refractivity contribution in [2.24, 2.45) is 0 Å². The second kappa shape index (κ2) is 7.53. The fourth-order valence-corrected chi connectivity index (χ4v) is 2.43. The zero-order chi connectivity index (χ0) is 17.6. The number of pyridine rings is 1. The van der Waals surface area contributed by atoms with Crippen molar-refractivity contribution in [1.82, 2.24) is 20.3 Å². The van der Waals surface area contributed by atoms with Gasteiger partial charge in [0, 0.05) is 41.6 Å². The molecule has 0 saturated carbocycles. The molecule has 6 nitrogen and oxygen atoms in total. The van der Waals surface area contributed by atoms with Crippen LogP contribution in [0.3, 0.4) is 0 Å². The molecule has 1 amide bonds. The van der Waals surface area contributed by atoms with Crippen LogP contribution < -0.4 is 10.6 Å². The second-order valence-electron chi connectivity index (χ2n) is 5.72. The van der Waals surface area contributed by atoms with Crippen LogP contribution in [0.2, 0.25) is 0 Å². The number of hydrogen-bond donors (Lipinski definition) is 2. The van der Waals surface area contributed by atoms with Gasteiger partial charge >= 0.3 is 0 Å². The Kier molecular flexibility index (Phi) is 4.99. The minimum absolute atomic E-state index is 0.137. The quantitative estimate of drug-likeness (QED) is 0.750. The lowest BCUT2D eigenvalue weighted by Crippen LogP contribution is -2.22. The molecule has 1 aromatic carbocycles. The van der Waals surface area contributed by atoms with Crippen LogP contribution in [-0.2, 0) is 6.54 Å². The molecule has 0 unspecified atom stereocenters. The Bertz CT molecular complexity index is 860. The lowest BCUT2D eigenvalue weighted by atomic mass is 10.2. The second-order valence-corrected chi connectivity index (χ2v) is 5.72. The smallest absolute Gasteiger partial charge is 0.251 e. The first-order valence-corrected chi connectivity index (χ1v) is 7.96. The summed E-state index contributed by atoms with van der Waals surface area (Å²) in [5.41, 5.74) is 4.12. The van der Waals surface area contributed by atoms with E-state index in [1.54, 1.807) is 24.5 Å². The largest absolute Gasteiger partial charge is 0.348 e. The number of aryl methyl sites for hydroxylation is 2. The maximum atomic E-state index is 12.3. The highest BCUT2D eigenvalue weighted by atomic mass is 16.1. The first-order valence-electron chi connectivity index (χ1n) is 7.96. The van der Waals surface area contributed by atoms with Gasteiger partial charge in [-0.2, -0.15) is 0 Å². The molecule has 6 heteroatoms. The van der Waals surface area contributed by atoms with Crippen molar-refractivity contribution in [3.05, 3.63) is 77.4 Å². The van der Waals surface area contributed by atoms with E-state index in [-0.39, 0.29) is 5.91 Å². The van der Waals surface area contributed by atoms with E-state index in [0.717, 1.165) is 22.6 Å². The third-order valence-electron chi connectivity index (χ3n) is 3.57. The number of carbonyl (C=O) groups is 1. The summed E-state index contributed by atoms with van der Waals surface area (Å²) in [6.45, 7) is 4.30. The van der Waals surface area contributed by atoms with E-state index in [0.29, 0.717) is 18.1 Å². The summed E-state index contributed by atoms with van der Waals surface area (Å²) in [6, 6.07) is 12.9. The molecule has 126 valence electrons. The third kappa shape index (κ3) is 4.60. The van der Waals surface area contributed by atoms with Crippen molar-refractivity contribution in [1.29, 1.82) is 0 Å². The highest BCUT2D eigenvalue weighted by molar-refractivity contribution is 5.95. The van der Waals surface area contributed by atoms with Crippen LogP contribution in [0, 0.1) is 13.8 Å². The SMILES string of the molecule is Cc1cc(C)nc(Nc2cccc(C(=O)NCc3ccncc3)c2)n1. The number of aromatic nitrogens is 3. The molecule has 0 saturated heterocycles. The topological polar surface area (TPSA) is 79.8 Å². The molecule has 0 bridgehead atoms. The Morgan fingerprint density at radius 1 is 1.00 bits per heavy atom. The Morgan fingerprint density at radius 3 is 2.44 bits per heavy atom. The number of nitrogens with zero attached hydrogens (tertiary/aromatic N) is 3. The molecular formula is C19H19N5O. The summed E-state index contributed by atoms with van der Waals surface area (Å²) in [6.07, 6.45) is 3.41. The van der Waals surface area contributed by atoms with Crippen LogP contribution in [0.25, 0.3) is 0 Å². The predicted octanol–water partition coefficient (Wildman–Crippen LogP) is 3.16. The van der Waals surface area contributed by atoms with E-state index in [1.807, 2.05) is 44.2 Å². The molecule has 0 aliphatic heterocycles. The molecule has 3 aromatic rings. The number of amides is 1. The molecule has 2 aromatic heterocycles. The highest BCUT2D eigenvalue weighted by Crippen LogP contribution is 2.16. The average molecular weight is 333 g/mol. The van der Waals surface area contributed by atoms with E-state index >= 15 is 0 Å². The van der Waals surface area contributed by atoms with Gasteiger partial charge in [0.15, 0.2) is 0 Å². The van der Waals surface area contributed by atoms with E-state index in [1.165, 1.54) is 0 Å². The third-order valence-corrected chi connectivity index (χ3v) is 3.57. The standard InChI is InChI=1S/C19H19N5O/c1-13-10-14(2)23-19(22-13)24-17-5-3-4-16(11-17)18(25)21-12-15-6-8-20-9-7-15/h3-11H,12H2,1-2H3,(H,21,25)(H,22,23,24). The van der Waals surface area contributed by atoms with Gasteiger partial charge in [0.1, 0.15) is 0 Å². The molecule has 2 heterocycles. The summed E-state index contributed by atoms with van der Waals surface area (Å²) in [4.78, 5) is 25.0. The molecule has 0 fully saturated rings.